The lowest BCUT2D eigenvalue weighted by molar-refractivity contribution is 0.174. The zero-order valence-electron chi connectivity index (χ0n) is 9.81. The van der Waals surface area contributed by atoms with Gasteiger partial charge in [0.2, 0.25) is 0 Å². The van der Waals surface area contributed by atoms with Gasteiger partial charge in [-0.3, -0.25) is 0 Å². The van der Waals surface area contributed by atoms with Crippen molar-refractivity contribution in [2.24, 2.45) is 17.1 Å². The molecule has 1 nitrogen and oxygen atoms in total. The topological polar surface area (TPSA) is 26.0 Å². The first-order chi connectivity index (χ1) is 6.54. The first-order valence-electron chi connectivity index (χ1n) is 6.32. The van der Waals surface area contributed by atoms with E-state index in [1.54, 1.807) is 0 Å². The summed E-state index contributed by atoms with van der Waals surface area (Å²) in [7, 11) is 0. The lowest BCUT2D eigenvalue weighted by Gasteiger charge is -2.36. The smallest absolute Gasteiger partial charge is 0.0207 e. The van der Waals surface area contributed by atoms with Crippen LogP contribution in [0.15, 0.2) is 0 Å². The number of nitrogens with two attached hydrogens (primary N) is 1. The molecule has 2 N–H and O–H groups in total. The summed E-state index contributed by atoms with van der Waals surface area (Å²) in [6.07, 6.45) is 11.2. The van der Waals surface area contributed by atoms with Crippen LogP contribution in [-0.2, 0) is 0 Å². The van der Waals surface area contributed by atoms with Crippen LogP contribution in [0.2, 0.25) is 0 Å². The molecule has 0 aromatic carbocycles. The third kappa shape index (κ3) is 1.98. The monoisotopic (exact) mass is 195 g/mol. The average molecular weight is 195 g/mol. The summed E-state index contributed by atoms with van der Waals surface area (Å²) in [6, 6.07) is 0. The Morgan fingerprint density at radius 2 is 1.71 bits per heavy atom. The second kappa shape index (κ2) is 3.52. The van der Waals surface area contributed by atoms with Crippen molar-refractivity contribution in [1.29, 1.82) is 0 Å². The predicted octanol–water partition coefficient (Wildman–Crippen LogP) is 3.47. The molecule has 0 heterocycles. The molecule has 0 spiro atoms. The fourth-order valence-electron chi connectivity index (χ4n) is 3.13. The van der Waals surface area contributed by atoms with Crippen LogP contribution >= 0.6 is 0 Å². The largest absolute Gasteiger partial charge is 0.325 e. The van der Waals surface area contributed by atoms with Crippen LogP contribution in [0.5, 0.6) is 0 Å². The first kappa shape index (κ1) is 10.5. The molecule has 0 saturated heterocycles. The molecule has 82 valence electrons. The average Bonchev–Trinajstić information content (AvgIpc) is 2.86. The SMILES string of the molecule is CC(C)(CC1CCCCC1)C1(N)CC1. The molecule has 2 aliphatic carbocycles. The Kier molecular flexibility index (Phi) is 2.63. The summed E-state index contributed by atoms with van der Waals surface area (Å²) in [5.41, 5.74) is 6.92. The molecular formula is C13H25N. The van der Waals surface area contributed by atoms with E-state index in [-0.39, 0.29) is 5.54 Å². The van der Waals surface area contributed by atoms with Crippen LogP contribution in [0.1, 0.15) is 65.2 Å². The zero-order chi connectivity index (χ0) is 10.2. The summed E-state index contributed by atoms with van der Waals surface area (Å²) < 4.78 is 0. The quantitative estimate of drug-likeness (QED) is 0.733. The molecule has 0 atom stereocenters. The van der Waals surface area contributed by atoms with Gasteiger partial charge in [-0.2, -0.15) is 0 Å². The second-order valence-electron chi connectivity index (χ2n) is 6.25. The van der Waals surface area contributed by atoms with Gasteiger partial charge in [0.05, 0.1) is 0 Å². The maximum atomic E-state index is 6.34. The highest BCUT2D eigenvalue weighted by molar-refractivity contribution is 5.09. The molecule has 0 aromatic rings. The fourth-order valence-corrected chi connectivity index (χ4v) is 3.13. The van der Waals surface area contributed by atoms with Crippen molar-refractivity contribution in [3.8, 4) is 0 Å². The minimum atomic E-state index is 0.199. The molecule has 0 aromatic heterocycles. The highest BCUT2D eigenvalue weighted by Crippen LogP contribution is 2.51. The third-order valence-electron chi connectivity index (χ3n) is 4.66. The van der Waals surface area contributed by atoms with Gasteiger partial charge >= 0.3 is 0 Å². The Morgan fingerprint density at radius 1 is 1.14 bits per heavy atom. The van der Waals surface area contributed by atoms with Crippen LogP contribution in [0.4, 0.5) is 0 Å². The molecule has 0 bridgehead atoms. The second-order valence-corrected chi connectivity index (χ2v) is 6.25. The Bertz CT molecular complexity index is 197. The summed E-state index contributed by atoms with van der Waals surface area (Å²) in [5.74, 6) is 0.972. The van der Waals surface area contributed by atoms with E-state index in [1.807, 2.05) is 0 Å². The number of hydrogen-bond donors (Lipinski definition) is 1. The van der Waals surface area contributed by atoms with Gasteiger partial charge in [0.1, 0.15) is 0 Å². The lowest BCUT2D eigenvalue weighted by Crippen LogP contribution is -2.41. The molecule has 1 heteroatoms. The molecule has 0 amide bonds. The molecule has 2 fully saturated rings. The molecule has 2 rings (SSSR count). The van der Waals surface area contributed by atoms with Gasteiger partial charge in [0.25, 0.3) is 0 Å². The van der Waals surface area contributed by atoms with Crippen LogP contribution in [0.3, 0.4) is 0 Å². The first-order valence-corrected chi connectivity index (χ1v) is 6.32. The maximum absolute atomic E-state index is 6.34. The summed E-state index contributed by atoms with van der Waals surface area (Å²) in [6.45, 7) is 4.77. The van der Waals surface area contributed by atoms with E-state index in [4.69, 9.17) is 5.73 Å². The molecule has 0 aliphatic heterocycles. The highest BCUT2D eigenvalue weighted by atomic mass is 14.9. The third-order valence-corrected chi connectivity index (χ3v) is 4.66. The number of rotatable bonds is 3. The van der Waals surface area contributed by atoms with E-state index >= 15 is 0 Å². The molecule has 2 aliphatic rings. The van der Waals surface area contributed by atoms with E-state index in [9.17, 15) is 0 Å². The minimum Gasteiger partial charge on any atom is -0.325 e. The van der Waals surface area contributed by atoms with Crippen molar-refractivity contribution >= 4 is 0 Å². The van der Waals surface area contributed by atoms with Crippen LogP contribution < -0.4 is 5.73 Å². The maximum Gasteiger partial charge on any atom is 0.0207 e. The fraction of sp³-hybridized carbons (Fsp3) is 1.00. The van der Waals surface area contributed by atoms with E-state index in [0.29, 0.717) is 5.41 Å². The van der Waals surface area contributed by atoms with Crippen molar-refractivity contribution in [2.75, 3.05) is 0 Å². The van der Waals surface area contributed by atoms with Gasteiger partial charge < -0.3 is 5.73 Å². The zero-order valence-corrected chi connectivity index (χ0v) is 9.81. The van der Waals surface area contributed by atoms with Gasteiger partial charge in [-0.05, 0) is 30.6 Å². The normalized spacial score (nSPS) is 27.6. The molecule has 0 unspecified atom stereocenters. The van der Waals surface area contributed by atoms with E-state index < -0.39 is 0 Å². The Morgan fingerprint density at radius 3 is 2.21 bits per heavy atom. The van der Waals surface area contributed by atoms with Crippen molar-refractivity contribution in [3.05, 3.63) is 0 Å². The van der Waals surface area contributed by atoms with Crippen LogP contribution in [0.25, 0.3) is 0 Å². The Balaban J connectivity index is 1.88. The van der Waals surface area contributed by atoms with Crippen molar-refractivity contribution in [2.45, 2.75) is 70.8 Å². The molecule has 0 radical (unpaired) electrons. The van der Waals surface area contributed by atoms with Gasteiger partial charge in [-0.25, -0.2) is 0 Å². The van der Waals surface area contributed by atoms with Crippen LogP contribution in [-0.4, -0.2) is 5.54 Å². The predicted molar refractivity (Wildman–Crippen MR) is 61.1 cm³/mol. The van der Waals surface area contributed by atoms with Gasteiger partial charge in [0.15, 0.2) is 0 Å². The summed E-state index contributed by atoms with van der Waals surface area (Å²) >= 11 is 0. The Labute approximate surface area is 88.4 Å². The van der Waals surface area contributed by atoms with E-state index in [1.165, 1.54) is 51.4 Å². The van der Waals surface area contributed by atoms with E-state index in [0.717, 1.165) is 5.92 Å². The summed E-state index contributed by atoms with van der Waals surface area (Å²) in [5, 5.41) is 0. The molecule has 14 heavy (non-hydrogen) atoms. The van der Waals surface area contributed by atoms with Crippen molar-refractivity contribution in [1.82, 2.24) is 0 Å². The molecule has 2 saturated carbocycles. The van der Waals surface area contributed by atoms with Crippen molar-refractivity contribution < 1.29 is 0 Å². The minimum absolute atomic E-state index is 0.199. The standard InChI is InChI=1S/C13H25N/c1-12(2,13(14)8-9-13)10-11-6-4-3-5-7-11/h11H,3-10,14H2,1-2H3. The lowest BCUT2D eigenvalue weighted by atomic mass is 9.71. The number of hydrogen-bond acceptors (Lipinski definition) is 1. The van der Waals surface area contributed by atoms with Gasteiger partial charge in [-0.1, -0.05) is 46.0 Å². The van der Waals surface area contributed by atoms with Gasteiger partial charge in [0, 0.05) is 5.54 Å². The highest BCUT2D eigenvalue weighted by Gasteiger charge is 2.51. The summed E-state index contributed by atoms with van der Waals surface area (Å²) in [4.78, 5) is 0. The van der Waals surface area contributed by atoms with E-state index in [2.05, 4.69) is 13.8 Å². The van der Waals surface area contributed by atoms with Crippen molar-refractivity contribution in [3.63, 3.8) is 0 Å². The van der Waals surface area contributed by atoms with Crippen LogP contribution in [0, 0.1) is 11.3 Å². The molecular weight excluding hydrogens is 170 g/mol. The van der Waals surface area contributed by atoms with Gasteiger partial charge in [-0.15, -0.1) is 0 Å². The Hall–Kier alpha value is -0.0400.